The van der Waals surface area contributed by atoms with E-state index in [1.54, 1.807) is 18.4 Å². The van der Waals surface area contributed by atoms with Crippen LogP contribution in [-0.2, 0) is 13.0 Å². The highest BCUT2D eigenvalue weighted by Crippen LogP contribution is 2.19. The molecule has 1 aliphatic rings. The predicted molar refractivity (Wildman–Crippen MR) is 130 cm³/mol. The molecule has 30 heavy (non-hydrogen) atoms. The largest absolute Gasteiger partial charge is 0.356 e. The Bertz CT molecular complexity index is 838. The number of nitrogens with zero attached hydrogens (tertiary/aromatic N) is 3. The minimum absolute atomic E-state index is 0. The summed E-state index contributed by atoms with van der Waals surface area (Å²) in [4.78, 5) is 12.2. The normalized spacial score (nSPS) is 17.5. The summed E-state index contributed by atoms with van der Waals surface area (Å²) in [7, 11) is 1.76. The first kappa shape index (κ1) is 24.9. The molecular weight excluding hydrogens is 519 g/mol. The van der Waals surface area contributed by atoms with Crippen LogP contribution in [0.4, 0.5) is 8.78 Å². The molecule has 0 aliphatic carbocycles. The van der Waals surface area contributed by atoms with E-state index in [-0.39, 0.29) is 42.1 Å². The van der Waals surface area contributed by atoms with Crippen molar-refractivity contribution in [2.75, 3.05) is 26.7 Å². The maximum Gasteiger partial charge on any atom is 0.191 e. The number of piperidine rings is 1. The Morgan fingerprint density at radius 2 is 2.03 bits per heavy atom. The van der Waals surface area contributed by atoms with E-state index in [0.29, 0.717) is 0 Å². The van der Waals surface area contributed by atoms with Crippen molar-refractivity contribution in [3.8, 4) is 0 Å². The van der Waals surface area contributed by atoms with Gasteiger partial charge in [-0.2, -0.15) is 0 Å². The molecule has 1 saturated heterocycles. The van der Waals surface area contributed by atoms with Gasteiger partial charge in [-0.15, -0.1) is 35.3 Å². The highest BCUT2D eigenvalue weighted by Gasteiger charge is 2.22. The number of aryl methyl sites for hydroxylation is 2. The molecule has 2 heterocycles. The molecule has 0 amide bonds. The van der Waals surface area contributed by atoms with Crippen molar-refractivity contribution < 1.29 is 8.78 Å². The Kier molecular flexibility index (Phi) is 9.89. The summed E-state index contributed by atoms with van der Waals surface area (Å²) >= 11 is 1.73. The summed E-state index contributed by atoms with van der Waals surface area (Å²) in [5.41, 5.74) is 1.24. The number of guanidine groups is 1. The number of nitrogens with one attached hydrogen (secondary N) is 2. The van der Waals surface area contributed by atoms with Crippen LogP contribution >= 0.6 is 35.3 Å². The standard InChI is InChI=1S/C21H29F2N5S.HI/c1-14-20(29-15(2)26-14)9-10-25-21(24-3)27-16-6-5-11-28(12-16)13-17-18(22)7-4-8-19(17)23;/h4,7-8,16H,5-6,9-13H2,1-3H3,(H2,24,25,27);1H. The quantitative estimate of drug-likeness (QED) is 0.325. The Morgan fingerprint density at radius 3 is 2.67 bits per heavy atom. The van der Waals surface area contributed by atoms with E-state index < -0.39 is 11.6 Å². The van der Waals surface area contributed by atoms with E-state index in [1.807, 2.05) is 13.8 Å². The Morgan fingerprint density at radius 1 is 1.30 bits per heavy atom. The number of benzene rings is 1. The molecular formula is C21H30F2IN5S. The second kappa shape index (κ2) is 11.9. The minimum Gasteiger partial charge on any atom is -0.356 e. The van der Waals surface area contributed by atoms with Crippen molar-refractivity contribution in [2.24, 2.45) is 4.99 Å². The fourth-order valence-corrected chi connectivity index (χ4v) is 4.65. The number of likely N-dealkylation sites (tertiary alicyclic amines) is 1. The number of hydrogen-bond donors (Lipinski definition) is 2. The number of thiazole rings is 1. The summed E-state index contributed by atoms with van der Waals surface area (Å²) in [5.74, 6) is -0.204. The lowest BCUT2D eigenvalue weighted by Crippen LogP contribution is -2.51. The van der Waals surface area contributed by atoms with Crippen LogP contribution in [0.25, 0.3) is 0 Å². The molecule has 1 fully saturated rings. The van der Waals surface area contributed by atoms with Crippen LogP contribution in [0.5, 0.6) is 0 Å². The van der Waals surface area contributed by atoms with Crippen molar-refractivity contribution in [3.63, 3.8) is 0 Å². The van der Waals surface area contributed by atoms with Gasteiger partial charge in [0.05, 0.1) is 10.7 Å². The van der Waals surface area contributed by atoms with Crippen LogP contribution in [0.1, 0.15) is 34.0 Å². The molecule has 0 spiro atoms. The van der Waals surface area contributed by atoms with E-state index in [0.717, 1.165) is 55.6 Å². The summed E-state index contributed by atoms with van der Waals surface area (Å²) < 4.78 is 27.9. The van der Waals surface area contributed by atoms with Gasteiger partial charge in [-0.05, 0) is 45.4 Å². The molecule has 1 aliphatic heterocycles. The molecule has 0 bridgehead atoms. The van der Waals surface area contributed by atoms with Gasteiger partial charge in [0.15, 0.2) is 5.96 Å². The van der Waals surface area contributed by atoms with Gasteiger partial charge >= 0.3 is 0 Å². The summed E-state index contributed by atoms with van der Waals surface area (Å²) in [6.45, 7) is 6.69. The van der Waals surface area contributed by atoms with Crippen molar-refractivity contribution in [1.29, 1.82) is 0 Å². The molecule has 0 saturated carbocycles. The minimum atomic E-state index is -0.480. The Balaban J connectivity index is 0.00000320. The van der Waals surface area contributed by atoms with Gasteiger partial charge in [-0.1, -0.05) is 6.07 Å². The van der Waals surface area contributed by atoms with Gasteiger partial charge in [0.2, 0.25) is 0 Å². The van der Waals surface area contributed by atoms with Crippen LogP contribution < -0.4 is 10.6 Å². The lowest BCUT2D eigenvalue weighted by Gasteiger charge is -2.34. The van der Waals surface area contributed by atoms with E-state index in [2.05, 4.69) is 25.5 Å². The predicted octanol–water partition coefficient (Wildman–Crippen LogP) is 4.03. The van der Waals surface area contributed by atoms with Crippen LogP contribution in [0, 0.1) is 25.5 Å². The Hall–Kier alpha value is -1.33. The molecule has 1 aromatic carbocycles. The van der Waals surface area contributed by atoms with E-state index >= 15 is 0 Å². The van der Waals surface area contributed by atoms with E-state index in [4.69, 9.17) is 0 Å². The zero-order valence-corrected chi connectivity index (χ0v) is 20.8. The third-order valence-electron chi connectivity index (χ3n) is 5.16. The van der Waals surface area contributed by atoms with Crippen molar-refractivity contribution in [3.05, 3.63) is 51.0 Å². The fraction of sp³-hybridized carbons (Fsp3) is 0.524. The van der Waals surface area contributed by atoms with Gasteiger partial charge in [-0.3, -0.25) is 9.89 Å². The summed E-state index contributed by atoms with van der Waals surface area (Å²) in [5, 5.41) is 7.91. The summed E-state index contributed by atoms with van der Waals surface area (Å²) in [6.07, 6.45) is 2.88. The van der Waals surface area contributed by atoms with Crippen molar-refractivity contribution >= 4 is 41.3 Å². The zero-order chi connectivity index (χ0) is 20.8. The van der Waals surface area contributed by atoms with Crippen molar-refractivity contribution in [2.45, 2.75) is 45.7 Å². The molecule has 2 aromatic rings. The van der Waals surface area contributed by atoms with E-state index in [9.17, 15) is 8.78 Å². The highest BCUT2D eigenvalue weighted by molar-refractivity contribution is 14.0. The van der Waals surface area contributed by atoms with Crippen molar-refractivity contribution in [1.82, 2.24) is 20.5 Å². The SMILES string of the molecule is CN=C(NCCc1sc(C)nc1C)NC1CCCN(Cc2c(F)cccc2F)C1.I. The van der Waals surface area contributed by atoms with Gasteiger partial charge in [0.25, 0.3) is 0 Å². The summed E-state index contributed by atoms with van der Waals surface area (Å²) in [6, 6.07) is 4.23. The van der Waals surface area contributed by atoms with Gasteiger partial charge < -0.3 is 10.6 Å². The van der Waals surface area contributed by atoms with Crippen LogP contribution in [0.2, 0.25) is 0 Å². The molecule has 166 valence electrons. The second-order valence-corrected chi connectivity index (χ2v) is 8.70. The lowest BCUT2D eigenvalue weighted by molar-refractivity contribution is 0.188. The highest BCUT2D eigenvalue weighted by atomic mass is 127. The monoisotopic (exact) mass is 549 g/mol. The maximum absolute atomic E-state index is 14.0. The molecule has 1 aromatic heterocycles. The van der Waals surface area contributed by atoms with Crippen LogP contribution in [0.15, 0.2) is 23.2 Å². The van der Waals surface area contributed by atoms with Crippen LogP contribution in [-0.4, -0.2) is 48.6 Å². The first-order chi connectivity index (χ1) is 14.0. The number of aromatic nitrogens is 1. The average Bonchev–Trinajstić information content (AvgIpc) is 3.01. The smallest absolute Gasteiger partial charge is 0.191 e. The zero-order valence-electron chi connectivity index (χ0n) is 17.7. The number of rotatable bonds is 6. The maximum atomic E-state index is 14.0. The first-order valence-corrected chi connectivity index (χ1v) is 10.8. The van der Waals surface area contributed by atoms with E-state index in [1.165, 1.54) is 23.1 Å². The third-order valence-corrected chi connectivity index (χ3v) is 6.29. The topological polar surface area (TPSA) is 52.6 Å². The van der Waals surface area contributed by atoms with Gasteiger partial charge in [0, 0.05) is 49.6 Å². The molecule has 0 radical (unpaired) electrons. The van der Waals surface area contributed by atoms with Crippen LogP contribution in [0.3, 0.4) is 0 Å². The number of halogens is 3. The fourth-order valence-electron chi connectivity index (χ4n) is 3.71. The second-order valence-electron chi connectivity index (χ2n) is 7.41. The average molecular weight is 549 g/mol. The number of aliphatic imine (C=N–C) groups is 1. The molecule has 9 heteroatoms. The van der Waals surface area contributed by atoms with Gasteiger partial charge in [0.1, 0.15) is 11.6 Å². The lowest BCUT2D eigenvalue weighted by atomic mass is 10.0. The molecule has 5 nitrogen and oxygen atoms in total. The molecule has 2 N–H and O–H groups in total. The molecule has 3 rings (SSSR count). The number of hydrogen-bond acceptors (Lipinski definition) is 4. The first-order valence-electron chi connectivity index (χ1n) is 10.0. The van der Waals surface area contributed by atoms with Gasteiger partial charge in [-0.25, -0.2) is 13.8 Å². The molecule has 1 unspecified atom stereocenters. The third kappa shape index (κ3) is 6.84. The Labute approximate surface area is 198 Å². The molecule has 1 atom stereocenters.